The molecular weight excluding hydrogens is 295 g/mol. The number of methoxy groups -OCH3 is 2. The first-order valence-corrected chi connectivity index (χ1v) is 7.70. The topological polar surface area (TPSA) is 44.2 Å². The smallest absolute Gasteiger partial charge is 0.250 e. The number of aryl methyl sites for hydroxylation is 2. The molecule has 0 atom stereocenters. The van der Waals surface area contributed by atoms with Crippen LogP contribution in [0.3, 0.4) is 0 Å². The molecule has 0 aliphatic heterocycles. The van der Waals surface area contributed by atoms with Gasteiger partial charge in [-0.2, -0.15) is 0 Å². The Morgan fingerprint density at radius 3 is 1.83 bits per heavy atom. The molecule has 0 aliphatic carbocycles. The van der Waals surface area contributed by atoms with E-state index in [9.17, 15) is 4.39 Å². The van der Waals surface area contributed by atoms with Crippen molar-refractivity contribution >= 4 is 0 Å². The Balaban J connectivity index is 0. The molecule has 2 rings (SSSR count). The number of hydrogen-bond acceptors (Lipinski definition) is 4. The van der Waals surface area contributed by atoms with Crippen LogP contribution >= 0.6 is 0 Å². The number of aromatic nitrogens is 2. The molecule has 0 aromatic carbocycles. The van der Waals surface area contributed by atoms with E-state index >= 15 is 0 Å². The van der Waals surface area contributed by atoms with Crippen LogP contribution in [0.5, 0.6) is 11.8 Å². The second-order valence-electron chi connectivity index (χ2n) is 3.83. The lowest BCUT2D eigenvalue weighted by Gasteiger charge is -2.00. The van der Waals surface area contributed by atoms with E-state index in [1.165, 1.54) is 18.9 Å². The maximum Gasteiger partial charge on any atom is 0.250 e. The second-order valence-corrected chi connectivity index (χ2v) is 3.83. The number of halogens is 1. The van der Waals surface area contributed by atoms with Crippen molar-refractivity contribution in [3.8, 4) is 11.8 Å². The Morgan fingerprint density at radius 2 is 1.43 bits per heavy atom. The van der Waals surface area contributed by atoms with Crippen molar-refractivity contribution in [1.82, 2.24) is 9.97 Å². The second kappa shape index (κ2) is 14.8. The van der Waals surface area contributed by atoms with E-state index in [2.05, 4.69) is 14.7 Å². The van der Waals surface area contributed by atoms with Gasteiger partial charge in [-0.25, -0.2) is 14.4 Å². The molecule has 130 valence electrons. The number of hydrogen-bond donors (Lipinski definition) is 0. The van der Waals surface area contributed by atoms with E-state index < -0.39 is 0 Å². The van der Waals surface area contributed by atoms with Crippen LogP contribution in [0.25, 0.3) is 0 Å². The van der Waals surface area contributed by atoms with E-state index in [1.54, 1.807) is 26.3 Å². The third kappa shape index (κ3) is 9.45. The molecule has 0 unspecified atom stereocenters. The van der Waals surface area contributed by atoms with Gasteiger partial charge in [-0.1, -0.05) is 27.7 Å². The van der Waals surface area contributed by atoms with E-state index in [0.717, 1.165) is 0 Å². The zero-order chi connectivity index (χ0) is 18.3. The van der Waals surface area contributed by atoms with Crippen LogP contribution in [-0.4, -0.2) is 24.2 Å². The number of nitrogens with zero attached hydrogens (tertiary/aromatic N) is 2. The lowest BCUT2D eigenvalue weighted by molar-refractivity contribution is 0.367. The fourth-order valence-electron chi connectivity index (χ4n) is 1.28. The third-order valence-electron chi connectivity index (χ3n) is 2.34. The molecule has 2 aromatic heterocycles. The lowest BCUT2D eigenvalue weighted by Crippen LogP contribution is -1.93. The lowest BCUT2D eigenvalue weighted by atomic mass is 10.3. The Hall–Kier alpha value is -2.17. The molecule has 2 heterocycles. The van der Waals surface area contributed by atoms with Crippen molar-refractivity contribution in [3.05, 3.63) is 47.5 Å². The van der Waals surface area contributed by atoms with Crippen LogP contribution in [0.4, 0.5) is 4.39 Å². The summed E-state index contributed by atoms with van der Waals surface area (Å²) < 4.78 is 22.3. The fraction of sp³-hybridized carbons (Fsp3) is 0.444. The predicted octanol–water partition coefficient (Wildman–Crippen LogP) is 4.99. The summed E-state index contributed by atoms with van der Waals surface area (Å²) in [5, 5.41) is 0. The monoisotopic (exact) mass is 324 g/mol. The number of pyridine rings is 2. The van der Waals surface area contributed by atoms with Gasteiger partial charge in [0.05, 0.1) is 14.2 Å². The van der Waals surface area contributed by atoms with Crippen molar-refractivity contribution in [1.29, 1.82) is 0 Å². The first-order valence-electron chi connectivity index (χ1n) is 7.70. The van der Waals surface area contributed by atoms with Gasteiger partial charge >= 0.3 is 0 Å². The molecule has 0 spiro atoms. The Kier molecular flexibility index (Phi) is 14.8. The zero-order valence-corrected chi connectivity index (χ0v) is 15.5. The van der Waals surface area contributed by atoms with Gasteiger partial charge in [-0.3, -0.25) is 0 Å². The van der Waals surface area contributed by atoms with Crippen molar-refractivity contribution in [2.75, 3.05) is 14.2 Å². The van der Waals surface area contributed by atoms with E-state index in [0.29, 0.717) is 11.4 Å². The summed E-state index contributed by atoms with van der Waals surface area (Å²) in [6.07, 6.45) is 3.24. The Bertz CT molecular complexity index is 534. The average Bonchev–Trinajstić information content (AvgIpc) is 2.61. The molecule has 0 saturated carbocycles. The standard InChI is InChI=1S/C7H8FNO.C7H9NO.2C2H6/c1-5-3-4-9-7(10-2)6(5)8;1-6-3-4-8-7(5-6)9-2;2*1-2/h3-4H,1-2H3;3-5H,1-2H3;2*1-2H3. The minimum absolute atomic E-state index is 0.0556. The van der Waals surface area contributed by atoms with E-state index in [4.69, 9.17) is 4.74 Å². The molecule has 0 amide bonds. The van der Waals surface area contributed by atoms with Crippen LogP contribution in [0.15, 0.2) is 30.6 Å². The summed E-state index contributed by atoms with van der Waals surface area (Å²) in [5.41, 5.74) is 1.72. The first kappa shape index (κ1) is 23.1. The summed E-state index contributed by atoms with van der Waals surface area (Å²) >= 11 is 0. The molecule has 23 heavy (non-hydrogen) atoms. The Labute approximate surface area is 139 Å². The number of ether oxygens (including phenoxy) is 2. The predicted molar refractivity (Wildman–Crippen MR) is 93.7 cm³/mol. The van der Waals surface area contributed by atoms with Gasteiger partial charge in [0.1, 0.15) is 0 Å². The summed E-state index contributed by atoms with van der Waals surface area (Å²) in [4.78, 5) is 7.60. The molecule has 0 bridgehead atoms. The van der Waals surface area contributed by atoms with Gasteiger partial charge in [0, 0.05) is 18.5 Å². The van der Waals surface area contributed by atoms with E-state index in [1.807, 2.05) is 46.8 Å². The van der Waals surface area contributed by atoms with Crippen LogP contribution in [0, 0.1) is 19.7 Å². The van der Waals surface area contributed by atoms with Crippen LogP contribution < -0.4 is 9.47 Å². The molecule has 0 radical (unpaired) electrons. The fourth-order valence-corrected chi connectivity index (χ4v) is 1.28. The van der Waals surface area contributed by atoms with Gasteiger partial charge in [-0.15, -0.1) is 0 Å². The summed E-state index contributed by atoms with van der Waals surface area (Å²) in [6, 6.07) is 5.42. The first-order chi connectivity index (χ1) is 11.1. The molecule has 0 aliphatic rings. The summed E-state index contributed by atoms with van der Waals surface area (Å²) in [6.45, 7) is 11.7. The molecule has 0 saturated heterocycles. The molecule has 0 fully saturated rings. The number of rotatable bonds is 2. The minimum Gasteiger partial charge on any atom is -0.481 e. The van der Waals surface area contributed by atoms with E-state index in [-0.39, 0.29) is 11.7 Å². The van der Waals surface area contributed by atoms with Gasteiger partial charge in [0.2, 0.25) is 11.8 Å². The minimum atomic E-state index is -0.384. The van der Waals surface area contributed by atoms with Crippen LogP contribution in [0.1, 0.15) is 38.8 Å². The van der Waals surface area contributed by atoms with Crippen LogP contribution in [-0.2, 0) is 0 Å². The largest absolute Gasteiger partial charge is 0.481 e. The average molecular weight is 324 g/mol. The van der Waals surface area contributed by atoms with Gasteiger partial charge < -0.3 is 9.47 Å². The zero-order valence-electron chi connectivity index (χ0n) is 15.5. The SMILES string of the molecule is CC.CC.COc1cc(C)ccn1.COc1nccc(C)c1F. The summed E-state index contributed by atoms with van der Waals surface area (Å²) in [5.74, 6) is 0.347. The quantitative estimate of drug-likeness (QED) is 0.780. The maximum atomic E-state index is 12.8. The van der Waals surface area contributed by atoms with Crippen LogP contribution in [0.2, 0.25) is 0 Å². The van der Waals surface area contributed by atoms with Crippen molar-refractivity contribution in [3.63, 3.8) is 0 Å². The molecule has 2 aromatic rings. The van der Waals surface area contributed by atoms with Crippen molar-refractivity contribution in [2.24, 2.45) is 0 Å². The highest BCUT2D eigenvalue weighted by Gasteiger charge is 2.04. The Morgan fingerprint density at radius 1 is 0.870 bits per heavy atom. The van der Waals surface area contributed by atoms with Gasteiger partial charge in [0.25, 0.3) is 0 Å². The highest BCUT2D eigenvalue weighted by molar-refractivity contribution is 5.21. The van der Waals surface area contributed by atoms with Gasteiger partial charge in [-0.05, 0) is 37.1 Å². The highest BCUT2D eigenvalue weighted by Crippen LogP contribution is 2.14. The molecule has 5 heteroatoms. The van der Waals surface area contributed by atoms with Crippen molar-refractivity contribution in [2.45, 2.75) is 41.5 Å². The normalized spacial score (nSPS) is 8.22. The highest BCUT2D eigenvalue weighted by atomic mass is 19.1. The van der Waals surface area contributed by atoms with Gasteiger partial charge in [0.15, 0.2) is 5.82 Å². The van der Waals surface area contributed by atoms with Crippen molar-refractivity contribution < 1.29 is 13.9 Å². The molecule has 0 N–H and O–H groups in total. The molecular formula is C18H29FN2O2. The third-order valence-corrected chi connectivity index (χ3v) is 2.34. The summed E-state index contributed by atoms with van der Waals surface area (Å²) in [7, 11) is 3.01. The maximum absolute atomic E-state index is 12.8. The molecule has 4 nitrogen and oxygen atoms in total.